The Morgan fingerprint density at radius 1 is 1.40 bits per heavy atom. The van der Waals surface area contributed by atoms with E-state index in [2.05, 4.69) is 33.0 Å². The number of imidazole rings is 1. The second-order valence-electron chi connectivity index (χ2n) is 7.18. The fraction of sp³-hybridized carbons (Fsp3) is 0.812. The van der Waals surface area contributed by atoms with Crippen molar-refractivity contribution in [3.8, 4) is 0 Å². The van der Waals surface area contributed by atoms with E-state index < -0.39 is 10.2 Å². The summed E-state index contributed by atoms with van der Waals surface area (Å²) in [5.74, 6) is 0.684. The molecule has 1 aromatic rings. The molecule has 1 aliphatic heterocycles. The molecule has 0 amide bonds. The Kier molecular flexibility index (Phi) is 6.98. The average molecular weight is 374 g/mol. The van der Waals surface area contributed by atoms with Crippen LogP contribution < -0.4 is 4.72 Å². The Morgan fingerprint density at radius 3 is 2.72 bits per heavy atom. The van der Waals surface area contributed by atoms with Crippen molar-refractivity contribution < 1.29 is 13.2 Å². The molecule has 8 nitrogen and oxygen atoms in total. The quantitative estimate of drug-likeness (QED) is 0.677. The van der Waals surface area contributed by atoms with Crippen LogP contribution in [-0.2, 0) is 28.0 Å². The van der Waals surface area contributed by atoms with Crippen LogP contribution in [-0.4, -0.2) is 74.1 Å². The third-order valence-corrected chi connectivity index (χ3v) is 6.36. The SMILES string of the molecule is COCCn1cncc1CN1C[C@@H](NS(=O)(=O)N(C)C)[C@H](C(C)C)C1. The molecule has 0 spiro atoms. The highest BCUT2D eigenvalue weighted by molar-refractivity contribution is 7.87. The van der Waals surface area contributed by atoms with Crippen LogP contribution in [0.25, 0.3) is 0 Å². The van der Waals surface area contributed by atoms with Gasteiger partial charge in [-0.25, -0.2) is 4.98 Å². The van der Waals surface area contributed by atoms with E-state index >= 15 is 0 Å². The zero-order valence-electron chi connectivity index (χ0n) is 15.8. The molecule has 0 bridgehead atoms. The molecule has 0 radical (unpaired) electrons. The smallest absolute Gasteiger partial charge is 0.279 e. The average Bonchev–Trinajstić information content (AvgIpc) is 3.12. The normalized spacial score (nSPS) is 22.4. The molecule has 1 N–H and O–H groups in total. The molecule has 0 unspecified atom stereocenters. The highest BCUT2D eigenvalue weighted by Gasteiger charge is 2.37. The first-order chi connectivity index (χ1) is 11.7. The molecular formula is C16H31N5O3S. The van der Waals surface area contributed by atoms with Gasteiger partial charge in [-0.15, -0.1) is 0 Å². The van der Waals surface area contributed by atoms with Crippen molar-refractivity contribution in [3.63, 3.8) is 0 Å². The van der Waals surface area contributed by atoms with Crippen LogP contribution in [0.2, 0.25) is 0 Å². The number of rotatable bonds is 9. The van der Waals surface area contributed by atoms with Crippen LogP contribution in [0.1, 0.15) is 19.5 Å². The zero-order chi connectivity index (χ0) is 18.6. The number of likely N-dealkylation sites (tertiary alicyclic amines) is 1. The van der Waals surface area contributed by atoms with Crippen molar-refractivity contribution in [2.45, 2.75) is 33.0 Å². The van der Waals surface area contributed by atoms with E-state index in [-0.39, 0.29) is 12.0 Å². The van der Waals surface area contributed by atoms with Crippen LogP contribution in [0, 0.1) is 11.8 Å². The maximum Gasteiger partial charge on any atom is 0.279 e. The molecular weight excluding hydrogens is 342 g/mol. The Hall–Kier alpha value is -1.00. The van der Waals surface area contributed by atoms with Gasteiger partial charge < -0.3 is 9.30 Å². The van der Waals surface area contributed by atoms with Gasteiger partial charge in [0.15, 0.2) is 0 Å². The summed E-state index contributed by atoms with van der Waals surface area (Å²) in [6.45, 7) is 8.03. The molecule has 2 atom stereocenters. The van der Waals surface area contributed by atoms with Crippen LogP contribution in [0.5, 0.6) is 0 Å². The first-order valence-electron chi connectivity index (χ1n) is 8.64. The number of nitrogens with one attached hydrogen (secondary N) is 1. The second-order valence-corrected chi connectivity index (χ2v) is 9.10. The van der Waals surface area contributed by atoms with Crippen LogP contribution >= 0.6 is 0 Å². The first kappa shape index (κ1) is 20.3. The topological polar surface area (TPSA) is 79.7 Å². The summed E-state index contributed by atoms with van der Waals surface area (Å²) in [5, 5.41) is 0. The molecule has 1 saturated heterocycles. The van der Waals surface area contributed by atoms with Gasteiger partial charge in [-0.3, -0.25) is 4.90 Å². The van der Waals surface area contributed by atoms with E-state index in [1.54, 1.807) is 21.2 Å². The van der Waals surface area contributed by atoms with Crippen LogP contribution in [0.3, 0.4) is 0 Å². The van der Waals surface area contributed by atoms with Crippen molar-refractivity contribution >= 4 is 10.2 Å². The maximum atomic E-state index is 12.2. The van der Waals surface area contributed by atoms with Gasteiger partial charge in [0.25, 0.3) is 10.2 Å². The van der Waals surface area contributed by atoms with Gasteiger partial charge >= 0.3 is 0 Å². The second kappa shape index (κ2) is 8.59. The lowest BCUT2D eigenvalue weighted by molar-refractivity contribution is 0.185. The van der Waals surface area contributed by atoms with E-state index in [9.17, 15) is 8.42 Å². The van der Waals surface area contributed by atoms with Gasteiger partial charge in [0.2, 0.25) is 0 Å². The first-order valence-corrected chi connectivity index (χ1v) is 10.1. The molecule has 2 rings (SSSR count). The summed E-state index contributed by atoms with van der Waals surface area (Å²) in [5.41, 5.74) is 1.12. The minimum atomic E-state index is -3.43. The number of ether oxygens (including phenoxy) is 1. The van der Waals surface area contributed by atoms with E-state index in [1.807, 2.05) is 12.5 Å². The molecule has 9 heteroatoms. The molecule has 1 aliphatic rings. The zero-order valence-corrected chi connectivity index (χ0v) is 16.7. The van der Waals surface area contributed by atoms with E-state index in [0.29, 0.717) is 19.1 Å². The van der Waals surface area contributed by atoms with E-state index in [1.165, 1.54) is 4.31 Å². The summed E-state index contributed by atoms with van der Waals surface area (Å²) in [7, 11) is 1.35. The fourth-order valence-corrected chi connectivity index (χ4v) is 4.08. The number of methoxy groups -OCH3 is 1. The fourth-order valence-electron chi connectivity index (χ4n) is 3.24. The third-order valence-electron chi connectivity index (χ3n) is 4.80. The molecule has 0 aromatic carbocycles. The summed E-state index contributed by atoms with van der Waals surface area (Å²) < 4.78 is 35.8. The van der Waals surface area contributed by atoms with Crippen LogP contribution in [0.4, 0.5) is 0 Å². The number of nitrogens with zero attached hydrogens (tertiary/aromatic N) is 4. The van der Waals surface area contributed by atoms with Crippen LogP contribution in [0.15, 0.2) is 12.5 Å². The molecule has 0 saturated carbocycles. The lowest BCUT2D eigenvalue weighted by Gasteiger charge is -2.24. The number of hydrogen-bond donors (Lipinski definition) is 1. The van der Waals surface area contributed by atoms with E-state index in [0.717, 1.165) is 25.3 Å². The van der Waals surface area contributed by atoms with Gasteiger partial charge in [-0.05, 0) is 11.8 Å². The molecule has 25 heavy (non-hydrogen) atoms. The number of hydrogen-bond acceptors (Lipinski definition) is 5. The summed E-state index contributed by atoms with van der Waals surface area (Å²) >= 11 is 0. The predicted octanol–water partition coefficient (Wildman–Crippen LogP) is 0.382. The van der Waals surface area contributed by atoms with Crippen molar-refractivity contribution in [1.82, 2.24) is 23.5 Å². The molecule has 144 valence electrons. The van der Waals surface area contributed by atoms with Crippen molar-refractivity contribution in [2.75, 3.05) is 40.9 Å². The monoisotopic (exact) mass is 373 g/mol. The highest BCUT2D eigenvalue weighted by atomic mass is 32.2. The van der Waals surface area contributed by atoms with Gasteiger partial charge in [0.05, 0.1) is 18.6 Å². The Bertz CT molecular complexity index is 644. The minimum absolute atomic E-state index is 0.0808. The van der Waals surface area contributed by atoms with Crippen molar-refractivity contribution in [2.24, 2.45) is 11.8 Å². The van der Waals surface area contributed by atoms with Gasteiger partial charge in [-0.2, -0.15) is 17.4 Å². The lowest BCUT2D eigenvalue weighted by Crippen LogP contribution is -2.46. The maximum absolute atomic E-state index is 12.2. The van der Waals surface area contributed by atoms with Gasteiger partial charge in [0, 0.05) is 59.6 Å². The Labute approximate surface area is 151 Å². The van der Waals surface area contributed by atoms with Gasteiger partial charge in [-0.1, -0.05) is 13.8 Å². The highest BCUT2D eigenvalue weighted by Crippen LogP contribution is 2.26. The summed E-state index contributed by atoms with van der Waals surface area (Å²) in [6.07, 6.45) is 3.69. The Morgan fingerprint density at radius 2 is 2.12 bits per heavy atom. The summed E-state index contributed by atoms with van der Waals surface area (Å²) in [6, 6.07) is -0.0808. The lowest BCUT2D eigenvalue weighted by atomic mass is 9.92. The Balaban J connectivity index is 2.05. The molecule has 0 aliphatic carbocycles. The summed E-state index contributed by atoms with van der Waals surface area (Å²) in [4.78, 5) is 6.53. The minimum Gasteiger partial charge on any atom is -0.383 e. The van der Waals surface area contributed by atoms with Gasteiger partial charge in [0.1, 0.15) is 0 Å². The number of aromatic nitrogens is 2. The molecule has 2 heterocycles. The standard InChI is InChI=1S/C16H31N5O3S/c1-13(2)15-10-20(11-16(15)18-25(22,23)19(3)4)9-14-8-17-12-21(14)6-7-24-5/h8,12-13,15-16,18H,6-7,9-11H2,1-5H3/t15-,16+/m0/s1. The largest absolute Gasteiger partial charge is 0.383 e. The van der Waals surface area contributed by atoms with Crippen molar-refractivity contribution in [1.29, 1.82) is 0 Å². The predicted molar refractivity (Wildman–Crippen MR) is 97.2 cm³/mol. The van der Waals surface area contributed by atoms with E-state index in [4.69, 9.17) is 4.74 Å². The molecule has 1 aromatic heterocycles. The van der Waals surface area contributed by atoms with Crippen molar-refractivity contribution in [3.05, 3.63) is 18.2 Å². The third kappa shape index (κ3) is 5.24. The molecule has 1 fully saturated rings.